The molecule has 0 spiro atoms. The lowest BCUT2D eigenvalue weighted by Crippen LogP contribution is -2.22. The molecule has 1 aromatic heterocycles. The molecule has 1 heterocycles. The van der Waals surface area contributed by atoms with Gasteiger partial charge in [0.15, 0.2) is 0 Å². The number of pyridine rings is 1. The van der Waals surface area contributed by atoms with Gasteiger partial charge in [0.05, 0.1) is 34.1 Å². The van der Waals surface area contributed by atoms with E-state index in [0.717, 1.165) is 5.03 Å². The van der Waals surface area contributed by atoms with Crippen molar-refractivity contribution in [2.75, 3.05) is 12.4 Å². The van der Waals surface area contributed by atoms with Crippen molar-refractivity contribution in [3.8, 4) is 5.75 Å². The fourth-order valence-corrected chi connectivity index (χ4v) is 2.59. The van der Waals surface area contributed by atoms with Gasteiger partial charge in [0.25, 0.3) is 5.69 Å². The van der Waals surface area contributed by atoms with E-state index in [-0.39, 0.29) is 22.6 Å². The highest BCUT2D eigenvalue weighted by Crippen LogP contribution is 2.30. The number of hydrogen-bond donors (Lipinski definition) is 1. The predicted molar refractivity (Wildman–Crippen MR) is 87.8 cm³/mol. The second-order valence-corrected chi connectivity index (χ2v) is 5.92. The van der Waals surface area contributed by atoms with E-state index < -0.39 is 4.92 Å². The van der Waals surface area contributed by atoms with Crippen LogP contribution in [0.3, 0.4) is 0 Å². The number of rotatable bonds is 6. The van der Waals surface area contributed by atoms with Crippen molar-refractivity contribution in [1.29, 1.82) is 0 Å². The Balaban J connectivity index is 2.08. The second-order valence-electron chi connectivity index (χ2n) is 4.56. The summed E-state index contributed by atoms with van der Waals surface area (Å²) in [6.45, 7) is 1.76. The molecule has 2 rings (SSSR count). The van der Waals surface area contributed by atoms with Crippen LogP contribution in [-0.2, 0) is 4.79 Å². The third-order valence-corrected chi connectivity index (χ3v) is 4.01. The number of thioether (sulfide) groups is 1. The highest BCUT2D eigenvalue weighted by molar-refractivity contribution is 8.00. The van der Waals surface area contributed by atoms with Gasteiger partial charge in [0.1, 0.15) is 5.75 Å². The largest absolute Gasteiger partial charge is 0.494 e. The topological polar surface area (TPSA) is 94.4 Å². The fraction of sp³-hybridized carbons (Fsp3) is 0.200. The standard InChI is InChI=1S/C15H15N3O4S/c1-10(23-14-5-3-4-8-16-14)15(19)17-12-7-6-11(18(20)21)9-13(12)22-2/h3-10H,1-2H3,(H,17,19)/t10-/m1/s1. The third-order valence-electron chi connectivity index (χ3n) is 2.96. The summed E-state index contributed by atoms with van der Waals surface area (Å²) in [6, 6.07) is 9.50. The van der Waals surface area contributed by atoms with Crippen LogP contribution < -0.4 is 10.1 Å². The molecule has 0 fully saturated rings. The molecule has 1 amide bonds. The zero-order chi connectivity index (χ0) is 16.8. The van der Waals surface area contributed by atoms with Crippen molar-refractivity contribution in [1.82, 2.24) is 4.98 Å². The number of nitrogens with one attached hydrogen (secondary N) is 1. The minimum atomic E-state index is -0.520. The summed E-state index contributed by atoms with van der Waals surface area (Å²) in [5.74, 6) is -0.00427. The minimum absolute atomic E-state index is 0.101. The second kappa shape index (κ2) is 7.59. The quantitative estimate of drug-likeness (QED) is 0.496. The molecule has 0 saturated heterocycles. The van der Waals surface area contributed by atoms with Gasteiger partial charge in [-0.1, -0.05) is 17.8 Å². The minimum Gasteiger partial charge on any atom is -0.494 e. The van der Waals surface area contributed by atoms with Crippen LogP contribution in [0.15, 0.2) is 47.6 Å². The van der Waals surface area contributed by atoms with E-state index in [2.05, 4.69) is 10.3 Å². The average Bonchev–Trinajstić information content (AvgIpc) is 2.55. The summed E-state index contributed by atoms with van der Waals surface area (Å²) in [7, 11) is 1.39. The molecule has 0 unspecified atom stereocenters. The number of anilines is 1. The van der Waals surface area contributed by atoms with Crippen molar-refractivity contribution in [2.45, 2.75) is 17.2 Å². The zero-order valence-electron chi connectivity index (χ0n) is 12.6. The molecule has 120 valence electrons. The number of hydrogen-bond acceptors (Lipinski definition) is 6. The maximum absolute atomic E-state index is 12.3. The van der Waals surface area contributed by atoms with Gasteiger partial charge in [-0.15, -0.1) is 0 Å². The Morgan fingerprint density at radius 1 is 1.39 bits per heavy atom. The van der Waals surface area contributed by atoms with Gasteiger partial charge >= 0.3 is 0 Å². The molecular weight excluding hydrogens is 318 g/mol. The van der Waals surface area contributed by atoms with Crippen LogP contribution in [0.4, 0.5) is 11.4 Å². The van der Waals surface area contributed by atoms with E-state index in [4.69, 9.17) is 4.74 Å². The van der Waals surface area contributed by atoms with Crippen LogP contribution in [0.25, 0.3) is 0 Å². The van der Waals surface area contributed by atoms with E-state index in [0.29, 0.717) is 5.69 Å². The fourth-order valence-electron chi connectivity index (χ4n) is 1.78. The number of nitro benzene ring substituents is 1. The maximum atomic E-state index is 12.3. The lowest BCUT2D eigenvalue weighted by Gasteiger charge is -2.13. The molecule has 1 atom stereocenters. The van der Waals surface area contributed by atoms with Crippen LogP contribution in [0.1, 0.15) is 6.92 Å². The van der Waals surface area contributed by atoms with Gasteiger partial charge in [-0.05, 0) is 25.1 Å². The Labute approximate surface area is 137 Å². The lowest BCUT2D eigenvalue weighted by molar-refractivity contribution is -0.384. The zero-order valence-corrected chi connectivity index (χ0v) is 13.4. The van der Waals surface area contributed by atoms with E-state index >= 15 is 0 Å². The number of ether oxygens (including phenoxy) is 1. The third kappa shape index (κ3) is 4.43. The van der Waals surface area contributed by atoms with Crippen LogP contribution in [0.5, 0.6) is 5.75 Å². The smallest absolute Gasteiger partial charge is 0.273 e. The lowest BCUT2D eigenvalue weighted by atomic mass is 10.2. The molecule has 23 heavy (non-hydrogen) atoms. The number of benzene rings is 1. The molecule has 7 nitrogen and oxygen atoms in total. The van der Waals surface area contributed by atoms with Gasteiger partial charge in [-0.25, -0.2) is 4.98 Å². The first-order chi connectivity index (χ1) is 11.0. The molecule has 1 N–H and O–H groups in total. The Morgan fingerprint density at radius 2 is 2.17 bits per heavy atom. The molecule has 0 aliphatic rings. The molecule has 0 aliphatic heterocycles. The van der Waals surface area contributed by atoms with Crippen molar-refractivity contribution >= 4 is 29.0 Å². The maximum Gasteiger partial charge on any atom is 0.273 e. The molecule has 0 bridgehead atoms. The summed E-state index contributed by atoms with van der Waals surface area (Å²) in [5.41, 5.74) is 0.285. The normalized spacial score (nSPS) is 11.6. The number of aromatic nitrogens is 1. The molecule has 2 aromatic rings. The van der Waals surface area contributed by atoms with E-state index in [1.807, 2.05) is 12.1 Å². The van der Waals surface area contributed by atoms with Gasteiger partial charge in [0, 0.05) is 12.3 Å². The Bertz CT molecular complexity index is 709. The van der Waals surface area contributed by atoms with Crippen molar-refractivity contribution in [2.24, 2.45) is 0 Å². The molecule has 8 heteroatoms. The number of nitro groups is 1. The van der Waals surface area contributed by atoms with E-state index in [9.17, 15) is 14.9 Å². The number of carbonyl (C=O) groups excluding carboxylic acids is 1. The number of non-ortho nitro benzene ring substituents is 1. The monoisotopic (exact) mass is 333 g/mol. The summed E-state index contributed by atoms with van der Waals surface area (Å²) < 4.78 is 5.10. The SMILES string of the molecule is COc1cc([N+](=O)[O-])ccc1NC(=O)[C@@H](C)Sc1ccccn1. The summed E-state index contributed by atoms with van der Waals surface area (Å²) in [4.78, 5) is 26.7. The highest BCUT2D eigenvalue weighted by atomic mass is 32.2. The average molecular weight is 333 g/mol. The molecule has 0 aliphatic carbocycles. The van der Waals surface area contributed by atoms with Crippen LogP contribution >= 0.6 is 11.8 Å². The van der Waals surface area contributed by atoms with Gasteiger partial charge in [0.2, 0.25) is 5.91 Å². The summed E-state index contributed by atoms with van der Waals surface area (Å²) >= 11 is 1.32. The van der Waals surface area contributed by atoms with Gasteiger partial charge in [-0.3, -0.25) is 14.9 Å². The predicted octanol–water partition coefficient (Wildman–Crippen LogP) is 3.12. The van der Waals surface area contributed by atoms with Crippen molar-refractivity contribution in [3.05, 3.63) is 52.7 Å². The van der Waals surface area contributed by atoms with Gasteiger partial charge < -0.3 is 10.1 Å². The summed E-state index contributed by atoms with van der Waals surface area (Å²) in [6.07, 6.45) is 1.66. The van der Waals surface area contributed by atoms with Crippen LogP contribution in [-0.4, -0.2) is 28.2 Å². The Hall–Kier alpha value is -2.61. The first-order valence-corrected chi connectivity index (χ1v) is 7.60. The van der Waals surface area contributed by atoms with E-state index in [1.54, 1.807) is 19.2 Å². The molecule has 0 radical (unpaired) electrons. The number of carbonyl (C=O) groups is 1. The Morgan fingerprint density at radius 3 is 2.78 bits per heavy atom. The molecule has 1 aromatic carbocycles. The number of nitrogens with zero attached hydrogens (tertiary/aromatic N) is 2. The van der Waals surface area contributed by atoms with Crippen molar-refractivity contribution < 1.29 is 14.5 Å². The first kappa shape index (κ1) is 16.8. The highest BCUT2D eigenvalue weighted by Gasteiger charge is 2.18. The number of methoxy groups -OCH3 is 1. The Kier molecular flexibility index (Phi) is 5.53. The first-order valence-electron chi connectivity index (χ1n) is 6.72. The van der Waals surface area contributed by atoms with Crippen LogP contribution in [0.2, 0.25) is 0 Å². The summed E-state index contributed by atoms with van der Waals surface area (Å²) in [5, 5.41) is 13.8. The van der Waals surface area contributed by atoms with Crippen molar-refractivity contribution in [3.63, 3.8) is 0 Å². The van der Waals surface area contributed by atoms with E-state index in [1.165, 1.54) is 37.1 Å². The number of amides is 1. The molecule has 0 saturated carbocycles. The van der Waals surface area contributed by atoms with Gasteiger partial charge in [-0.2, -0.15) is 0 Å². The molecular formula is C15H15N3O4S. The van der Waals surface area contributed by atoms with Crippen LogP contribution in [0, 0.1) is 10.1 Å².